The Kier molecular flexibility index (Phi) is 7.62. The standard InChI is InChI=1S/C17H15ClN2O5S.K/c1-11-4-2-3-5-14(11)17(21)20-9-12-8-13(18)6-7-15(12)16(10-20)19-25-26(22,23)24;/h2-8H,9-10H2,1H3,(H,22,23,24);/q;+1/p-1/b19-16+;. The summed E-state index contributed by atoms with van der Waals surface area (Å²) in [4.78, 5) is 14.4. The normalized spacial score (nSPS) is 15.1. The van der Waals surface area contributed by atoms with Crippen LogP contribution in [0.15, 0.2) is 47.6 Å². The molecule has 1 aliphatic heterocycles. The van der Waals surface area contributed by atoms with Gasteiger partial charge in [0.2, 0.25) is 0 Å². The van der Waals surface area contributed by atoms with Crippen molar-refractivity contribution >= 4 is 33.6 Å². The number of fused-ring (bicyclic) bond motifs is 1. The molecule has 0 aliphatic carbocycles. The van der Waals surface area contributed by atoms with Crippen molar-refractivity contribution in [3.05, 3.63) is 69.7 Å². The second kappa shape index (κ2) is 9.14. The molecule has 0 bridgehead atoms. The summed E-state index contributed by atoms with van der Waals surface area (Å²) >= 11 is 6.02. The number of halogens is 1. The minimum absolute atomic E-state index is 0. The average molecular weight is 433 g/mol. The third-order valence-electron chi connectivity index (χ3n) is 3.98. The molecule has 0 unspecified atom stereocenters. The summed E-state index contributed by atoms with van der Waals surface area (Å²) in [7, 11) is -5.00. The van der Waals surface area contributed by atoms with Crippen molar-refractivity contribution in [3.63, 3.8) is 0 Å². The number of rotatable bonds is 3. The molecule has 0 fully saturated rings. The quantitative estimate of drug-likeness (QED) is 0.281. The zero-order chi connectivity index (χ0) is 18.9. The van der Waals surface area contributed by atoms with Crippen molar-refractivity contribution in [1.82, 2.24) is 4.90 Å². The van der Waals surface area contributed by atoms with E-state index in [0.717, 1.165) is 5.56 Å². The molecule has 0 N–H and O–H groups in total. The molecule has 1 amide bonds. The predicted octanol–water partition coefficient (Wildman–Crippen LogP) is -0.511. The Morgan fingerprint density at radius 2 is 1.93 bits per heavy atom. The van der Waals surface area contributed by atoms with Crippen LogP contribution in [0.1, 0.15) is 27.0 Å². The largest absolute Gasteiger partial charge is 1.00 e. The molecule has 1 heterocycles. The monoisotopic (exact) mass is 432 g/mol. The van der Waals surface area contributed by atoms with E-state index in [0.29, 0.717) is 21.7 Å². The Balaban J connectivity index is 0.00000261. The topological polar surface area (TPSA) is 99.1 Å². The van der Waals surface area contributed by atoms with Crippen molar-refractivity contribution in [1.29, 1.82) is 0 Å². The molecule has 0 spiro atoms. The zero-order valence-corrected chi connectivity index (χ0v) is 19.4. The summed E-state index contributed by atoms with van der Waals surface area (Å²) in [5, 5.41) is 3.92. The number of oxime groups is 1. The van der Waals surface area contributed by atoms with Crippen LogP contribution >= 0.6 is 11.6 Å². The van der Waals surface area contributed by atoms with Crippen molar-refractivity contribution in [2.75, 3.05) is 6.54 Å². The first-order valence-electron chi connectivity index (χ1n) is 7.59. The first kappa shape index (κ1) is 22.5. The van der Waals surface area contributed by atoms with Crippen LogP contribution in [0.4, 0.5) is 0 Å². The van der Waals surface area contributed by atoms with E-state index >= 15 is 0 Å². The van der Waals surface area contributed by atoms with Gasteiger partial charge >= 0.3 is 51.4 Å². The number of benzene rings is 2. The molecule has 3 rings (SSSR count). The van der Waals surface area contributed by atoms with Gasteiger partial charge in [-0.05, 0) is 36.2 Å². The van der Waals surface area contributed by atoms with Gasteiger partial charge in [-0.15, -0.1) is 0 Å². The number of hydrogen-bond donors (Lipinski definition) is 0. The van der Waals surface area contributed by atoms with Gasteiger partial charge in [-0.3, -0.25) is 9.08 Å². The molecule has 0 saturated carbocycles. The summed E-state index contributed by atoms with van der Waals surface area (Å²) in [5.41, 5.74) is 2.74. The molecule has 10 heteroatoms. The van der Waals surface area contributed by atoms with Gasteiger partial charge in [-0.2, -0.15) is 8.42 Å². The molecule has 0 atom stereocenters. The molecule has 7 nitrogen and oxygen atoms in total. The number of amides is 1. The molecule has 136 valence electrons. The second-order valence-electron chi connectivity index (χ2n) is 5.80. The fraction of sp³-hybridized carbons (Fsp3) is 0.176. The van der Waals surface area contributed by atoms with E-state index in [1.807, 2.05) is 19.1 Å². The zero-order valence-electron chi connectivity index (χ0n) is 14.7. The Labute approximate surface area is 204 Å². The molecular formula is C17H14ClKN2O5S. The van der Waals surface area contributed by atoms with Crippen LogP contribution in [-0.4, -0.2) is 36.0 Å². The van der Waals surface area contributed by atoms with Gasteiger partial charge in [-0.25, -0.2) is 0 Å². The van der Waals surface area contributed by atoms with Gasteiger partial charge in [-0.1, -0.05) is 41.0 Å². The Hall–Kier alpha value is -0.784. The van der Waals surface area contributed by atoms with E-state index in [2.05, 4.69) is 9.44 Å². The fourth-order valence-corrected chi connectivity index (χ4v) is 3.17. The third-order valence-corrected chi connectivity index (χ3v) is 4.47. The van der Waals surface area contributed by atoms with Gasteiger partial charge in [0.25, 0.3) is 16.3 Å². The maximum atomic E-state index is 12.9. The van der Waals surface area contributed by atoms with Crippen LogP contribution in [-0.2, 0) is 21.2 Å². The van der Waals surface area contributed by atoms with E-state index in [9.17, 15) is 17.8 Å². The summed E-state index contributed by atoms with van der Waals surface area (Å²) in [6.45, 7) is 2.09. The first-order chi connectivity index (χ1) is 12.2. The Morgan fingerprint density at radius 3 is 2.59 bits per heavy atom. The third kappa shape index (κ3) is 5.61. The molecule has 27 heavy (non-hydrogen) atoms. The van der Waals surface area contributed by atoms with E-state index in [-0.39, 0.29) is 76.1 Å². The maximum absolute atomic E-state index is 12.9. The minimum Gasteiger partial charge on any atom is -0.714 e. The van der Waals surface area contributed by atoms with Crippen molar-refractivity contribution in [2.24, 2.45) is 5.16 Å². The molecular weight excluding hydrogens is 419 g/mol. The number of aryl methyl sites for hydroxylation is 1. The van der Waals surface area contributed by atoms with Crippen LogP contribution in [0.25, 0.3) is 0 Å². The molecule has 1 aliphatic rings. The Morgan fingerprint density at radius 1 is 1.22 bits per heavy atom. The average Bonchev–Trinajstić information content (AvgIpc) is 2.58. The maximum Gasteiger partial charge on any atom is 1.00 e. The number of nitrogens with zero attached hydrogens (tertiary/aromatic N) is 2. The van der Waals surface area contributed by atoms with Gasteiger partial charge < -0.3 is 9.45 Å². The van der Waals surface area contributed by atoms with Gasteiger partial charge in [0, 0.05) is 22.7 Å². The van der Waals surface area contributed by atoms with E-state index in [1.54, 1.807) is 30.3 Å². The SMILES string of the molecule is Cc1ccccc1C(=O)N1C/C(=N\OS(=O)(=O)[O-])c2ccc(Cl)cc2C1.[K+]. The van der Waals surface area contributed by atoms with Gasteiger partial charge in [0.05, 0.1) is 6.54 Å². The first-order valence-corrected chi connectivity index (χ1v) is 9.31. The summed E-state index contributed by atoms with van der Waals surface area (Å²) < 4.78 is 36.3. The second-order valence-corrected chi connectivity index (χ2v) is 7.20. The Bertz CT molecular complexity index is 1010. The molecule has 0 saturated heterocycles. The number of carbonyl (C=O) groups excluding carboxylic acids is 1. The molecule has 0 aromatic heterocycles. The van der Waals surface area contributed by atoms with E-state index < -0.39 is 10.4 Å². The van der Waals surface area contributed by atoms with Crippen LogP contribution < -0.4 is 51.4 Å². The van der Waals surface area contributed by atoms with Crippen LogP contribution in [0.3, 0.4) is 0 Å². The smallest absolute Gasteiger partial charge is 0.714 e. The number of hydrogen-bond acceptors (Lipinski definition) is 6. The summed E-state index contributed by atoms with van der Waals surface area (Å²) in [5.74, 6) is -0.244. The summed E-state index contributed by atoms with van der Waals surface area (Å²) in [6, 6.07) is 12.0. The van der Waals surface area contributed by atoms with Crippen LogP contribution in [0.2, 0.25) is 5.02 Å². The molecule has 0 radical (unpaired) electrons. The van der Waals surface area contributed by atoms with Gasteiger partial charge in [0.1, 0.15) is 5.71 Å². The van der Waals surface area contributed by atoms with Crippen LogP contribution in [0.5, 0.6) is 0 Å². The van der Waals surface area contributed by atoms with Crippen molar-refractivity contribution < 1.29 is 73.4 Å². The van der Waals surface area contributed by atoms with E-state index in [4.69, 9.17) is 11.6 Å². The predicted molar refractivity (Wildman–Crippen MR) is 94.7 cm³/mol. The van der Waals surface area contributed by atoms with Crippen molar-refractivity contribution in [2.45, 2.75) is 13.5 Å². The minimum atomic E-state index is -5.00. The summed E-state index contributed by atoms with van der Waals surface area (Å²) in [6.07, 6.45) is 0. The molecule has 2 aromatic carbocycles. The van der Waals surface area contributed by atoms with Crippen LogP contribution in [0, 0.1) is 6.92 Å². The number of carbonyl (C=O) groups is 1. The molecule has 2 aromatic rings. The van der Waals surface area contributed by atoms with Gasteiger partial charge in [0.15, 0.2) is 0 Å². The fourth-order valence-electron chi connectivity index (χ4n) is 2.80. The van der Waals surface area contributed by atoms with Crippen molar-refractivity contribution in [3.8, 4) is 0 Å². The van der Waals surface area contributed by atoms with E-state index in [1.165, 1.54) is 4.90 Å².